The summed E-state index contributed by atoms with van der Waals surface area (Å²) in [6.07, 6.45) is 1.43. The zero-order chi connectivity index (χ0) is 18.7. The lowest BCUT2D eigenvalue weighted by atomic mass is 10.0. The number of nitrogens with zero attached hydrogens (tertiary/aromatic N) is 1. The molecule has 2 aromatic rings. The number of hydrogen-bond donors (Lipinski definition) is 1. The van der Waals surface area contributed by atoms with Gasteiger partial charge >= 0.3 is 0 Å². The zero-order valence-electron chi connectivity index (χ0n) is 14.5. The molecule has 2 amide bonds. The topological polar surface area (TPSA) is 49.4 Å². The molecule has 0 spiro atoms. The molecular weight excluding hydrogens is 371 g/mol. The van der Waals surface area contributed by atoms with E-state index >= 15 is 0 Å². The molecule has 1 saturated heterocycles. The van der Waals surface area contributed by atoms with Gasteiger partial charge in [-0.3, -0.25) is 9.59 Å². The Morgan fingerprint density at radius 3 is 2.31 bits per heavy atom. The molecule has 1 N–H and O–H groups in total. The van der Waals surface area contributed by atoms with Gasteiger partial charge in [-0.2, -0.15) is 0 Å². The van der Waals surface area contributed by atoms with E-state index in [1.807, 2.05) is 36.1 Å². The Labute approximate surface area is 163 Å². The van der Waals surface area contributed by atoms with Crippen LogP contribution < -0.4 is 5.32 Å². The molecule has 4 nitrogen and oxygen atoms in total. The number of amides is 2. The van der Waals surface area contributed by atoms with Crippen molar-refractivity contribution in [2.24, 2.45) is 0 Å². The van der Waals surface area contributed by atoms with E-state index in [1.165, 1.54) is 0 Å². The second kappa shape index (κ2) is 8.11. The van der Waals surface area contributed by atoms with E-state index in [0.29, 0.717) is 47.1 Å². The summed E-state index contributed by atoms with van der Waals surface area (Å²) in [7, 11) is 0. The van der Waals surface area contributed by atoms with Gasteiger partial charge in [-0.15, -0.1) is 0 Å². The van der Waals surface area contributed by atoms with Crippen LogP contribution in [0.2, 0.25) is 10.0 Å². The number of piperidine rings is 1. The Hall–Kier alpha value is -2.04. The van der Waals surface area contributed by atoms with Crippen molar-refractivity contribution >= 4 is 35.0 Å². The summed E-state index contributed by atoms with van der Waals surface area (Å²) < 4.78 is 0. The number of nitrogens with one attached hydrogen (secondary N) is 1. The standard InChI is InChI=1S/C20H20Cl2N2O2/c1-13-2-4-14(5-3-13)20(26)24-10-8-16(9-11-24)23-19(25)17-7-6-15(21)12-18(17)22/h2-7,12,16H,8-11H2,1H3,(H,23,25). The largest absolute Gasteiger partial charge is 0.349 e. The van der Waals surface area contributed by atoms with Gasteiger partial charge in [0.25, 0.3) is 11.8 Å². The zero-order valence-corrected chi connectivity index (χ0v) is 16.0. The van der Waals surface area contributed by atoms with E-state index in [-0.39, 0.29) is 17.9 Å². The summed E-state index contributed by atoms with van der Waals surface area (Å²) in [5.41, 5.74) is 2.24. The summed E-state index contributed by atoms with van der Waals surface area (Å²) >= 11 is 12.0. The molecule has 1 heterocycles. The van der Waals surface area contributed by atoms with Gasteiger partial charge in [0.15, 0.2) is 0 Å². The normalized spacial score (nSPS) is 15.0. The smallest absolute Gasteiger partial charge is 0.253 e. The quantitative estimate of drug-likeness (QED) is 0.847. The van der Waals surface area contributed by atoms with Gasteiger partial charge in [0.2, 0.25) is 0 Å². The Morgan fingerprint density at radius 2 is 1.69 bits per heavy atom. The van der Waals surface area contributed by atoms with Crippen LogP contribution in [0.15, 0.2) is 42.5 Å². The minimum absolute atomic E-state index is 0.0244. The highest BCUT2D eigenvalue weighted by atomic mass is 35.5. The van der Waals surface area contributed by atoms with E-state index in [1.54, 1.807) is 18.2 Å². The lowest BCUT2D eigenvalue weighted by Crippen LogP contribution is -2.46. The van der Waals surface area contributed by atoms with E-state index in [2.05, 4.69) is 5.32 Å². The predicted molar refractivity (Wildman–Crippen MR) is 104 cm³/mol. The van der Waals surface area contributed by atoms with Crippen LogP contribution in [0.3, 0.4) is 0 Å². The van der Waals surface area contributed by atoms with Gasteiger partial charge in [0.05, 0.1) is 10.6 Å². The third kappa shape index (κ3) is 4.37. The van der Waals surface area contributed by atoms with Gasteiger partial charge < -0.3 is 10.2 Å². The molecular formula is C20H20Cl2N2O2. The lowest BCUT2D eigenvalue weighted by Gasteiger charge is -2.32. The van der Waals surface area contributed by atoms with Crippen LogP contribution in [0.25, 0.3) is 0 Å². The summed E-state index contributed by atoms with van der Waals surface area (Å²) in [4.78, 5) is 26.8. The first-order valence-electron chi connectivity index (χ1n) is 8.56. The average Bonchev–Trinajstić information content (AvgIpc) is 2.62. The molecule has 3 rings (SSSR count). The van der Waals surface area contributed by atoms with Crippen LogP contribution in [0.4, 0.5) is 0 Å². The van der Waals surface area contributed by atoms with Crippen molar-refractivity contribution in [2.75, 3.05) is 13.1 Å². The lowest BCUT2D eigenvalue weighted by molar-refractivity contribution is 0.0698. The highest BCUT2D eigenvalue weighted by molar-refractivity contribution is 6.36. The van der Waals surface area contributed by atoms with Crippen molar-refractivity contribution in [1.82, 2.24) is 10.2 Å². The fourth-order valence-corrected chi connectivity index (χ4v) is 3.54. The fourth-order valence-electron chi connectivity index (χ4n) is 3.04. The summed E-state index contributed by atoms with van der Waals surface area (Å²) in [6.45, 7) is 3.23. The van der Waals surface area contributed by atoms with Crippen molar-refractivity contribution < 1.29 is 9.59 Å². The van der Waals surface area contributed by atoms with Gasteiger partial charge in [-0.25, -0.2) is 0 Å². The molecule has 0 radical (unpaired) electrons. The summed E-state index contributed by atoms with van der Waals surface area (Å²) in [6, 6.07) is 12.4. The van der Waals surface area contributed by atoms with Crippen molar-refractivity contribution in [2.45, 2.75) is 25.8 Å². The van der Waals surface area contributed by atoms with Crippen LogP contribution in [0.1, 0.15) is 39.1 Å². The molecule has 26 heavy (non-hydrogen) atoms. The molecule has 136 valence electrons. The first-order chi connectivity index (χ1) is 12.4. The van der Waals surface area contributed by atoms with Crippen molar-refractivity contribution in [3.63, 3.8) is 0 Å². The molecule has 1 aliphatic rings. The maximum Gasteiger partial charge on any atom is 0.253 e. The van der Waals surface area contributed by atoms with Crippen LogP contribution in [-0.2, 0) is 0 Å². The minimum atomic E-state index is -0.213. The minimum Gasteiger partial charge on any atom is -0.349 e. The molecule has 6 heteroatoms. The molecule has 0 saturated carbocycles. The Kier molecular flexibility index (Phi) is 5.84. The van der Waals surface area contributed by atoms with Crippen LogP contribution in [0.5, 0.6) is 0 Å². The third-order valence-electron chi connectivity index (χ3n) is 4.59. The van der Waals surface area contributed by atoms with E-state index in [4.69, 9.17) is 23.2 Å². The van der Waals surface area contributed by atoms with Gasteiger partial charge in [-0.05, 0) is 50.1 Å². The number of likely N-dealkylation sites (tertiary alicyclic amines) is 1. The molecule has 2 aromatic carbocycles. The second-order valence-electron chi connectivity index (χ2n) is 6.53. The first-order valence-corrected chi connectivity index (χ1v) is 9.31. The summed E-state index contributed by atoms with van der Waals surface area (Å²) in [5, 5.41) is 3.83. The SMILES string of the molecule is Cc1ccc(C(=O)N2CCC(NC(=O)c3ccc(Cl)cc3Cl)CC2)cc1. The Balaban J connectivity index is 1.55. The van der Waals surface area contributed by atoms with Gasteiger partial charge in [-0.1, -0.05) is 40.9 Å². The van der Waals surface area contributed by atoms with E-state index in [9.17, 15) is 9.59 Å². The molecule has 0 aromatic heterocycles. The van der Waals surface area contributed by atoms with Crippen molar-refractivity contribution in [3.05, 3.63) is 69.2 Å². The molecule has 0 atom stereocenters. The molecule has 0 unspecified atom stereocenters. The van der Waals surface area contributed by atoms with Crippen molar-refractivity contribution in [3.8, 4) is 0 Å². The summed E-state index contributed by atoms with van der Waals surface area (Å²) in [5.74, 6) is -0.175. The van der Waals surface area contributed by atoms with Crippen LogP contribution in [0, 0.1) is 6.92 Å². The third-order valence-corrected chi connectivity index (χ3v) is 5.14. The van der Waals surface area contributed by atoms with E-state index < -0.39 is 0 Å². The van der Waals surface area contributed by atoms with Crippen LogP contribution in [-0.4, -0.2) is 35.8 Å². The Bertz CT molecular complexity index is 813. The maximum absolute atomic E-state index is 12.5. The van der Waals surface area contributed by atoms with Crippen molar-refractivity contribution in [1.29, 1.82) is 0 Å². The number of benzene rings is 2. The fraction of sp³-hybridized carbons (Fsp3) is 0.300. The highest BCUT2D eigenvalue weighted by Gasteiger charge is 2.25. The Morgan fingerprint density at radius 1 is 1.04 bits per heavy atom. The molecule has 1 fully saturated rings. The number of halogens is 2. The number of hydrogen-bond acceptors (Lipinski definition) is 2. The molecule has 0 bridgehead atoms. The van der Waals surface area contributed by atoms with E-state index in [0.717, 1.165) is 5.56 Å². The molecule has 0 aliphatic carbocycles. The first kappa shape index (κ1) is 18.7. The number of carbonyl (C=O) groups excluding carboxylic acids is 2. The van der Waals surface area contributed by atoms with Gasteiger partial charge in [0.1, 0.15) is 0 Å². The number of aryl methyl sites for hydroxylation is 1. The predicted octanol–water partition coefficient (Wildman–Crippen LogP) is 4.34. The highest BCUT2D eigenvalue weighted by Crippen LogP contribution is 2.22. The van der Waals surface area contributed by atoms with Crippen LogP contribution >= 0.6 is 23.2 Å². The number of carbonyl (C=O) groups is 2. The van der Waals surface area contributed by atoms with Gasteiger partial charge in [0, 0.05) is 29.7 Å². The second-order valence-corrected chi connectivity index (χ2v) is 7.37. The number of rotatable bonds is 3. The maximum atomic E-state index is 12.5. The average molecular weight is 391 g/mol. The monoisotopic (exact) mass is 390 g/mol. The molecule has 1 aliphatic heterocycles.